The molecule has 3 aromatic carbocycles. The first-order chi connectivity index (χ1) is 17.0. The zero-order valence-electron chi connectivity index (χ0n) is 18.6. The lowest BCUT2D eigenvalue weighted by Crippen LogP contribution is -2.29. The molecule has 6 nitrogen and oxygen atoms in total. The van der Waals surface area contributed by atoms with Crippen LogP contribution in [0.4, 0.5) is 0 Å². The lowest BCUT2D eigenvalue weighted by atomic mass is 10.0. The van der Waals surface area contributed by atoms with Crippen molar-refractivity contribution < 1.29 is 14.7 Å². The molecule has 0 spiro atoms. The normalized spacial score (nSPS) is 14.9. The number of thioether (sulfide) groups is 1. The van der Waals surface area contributed by atoms with E-state index in [0.29, 0.717) is 15.6 Å². The molecule has 0 unspecified atom stereocenters. The summed E-state index contributed by atoms with van der Waals surface area (Å²) in [7, 11) is 0. The number of aliphatic carboxylic acids is 1. The predicted octanol–water partition coefficient (Wildman–Crippen LogP) is 5.76. The van der Waals surface area contributed by atoms with E-state index >= 15 is 0 Å². The Morgan fingerprint density at radius 3 is 2.54 bits per heavy atom. The van der Waals surface area contributed by atoms with Crippen molar-refractivity contribution in [3.8, 4) is 16.9 Å². The maximum absolute atomic E-state index is 13.1. The van der Waals surface area contributed by atoms with E-state index in [1.54, 1.807) is 0 Å². The van der Waals surface area contributed by atoms with Crippen molar-refractivity contribution in [1.82, 2.24) is 14.7 Å². The molecule has 35 heavy (non-hydrogen) atoms. The highest BCUT2D eigenvalue weighted by molar-refractivity contribution is 8.26. The van der Waals surface area contributed by atoms with Crippen LogP contribution in [0.5, 0.6) is 0 Å². The number of rotatable bonds is 7. The van der Waals surface area contributed by atoms with Crippen LogP contribution < -0.4 is 0 Å². The van der Waals surface area contributed by atoms with Crippen molar-refractivity contribution in [3.05, 3.63) is 89.5 Å². The van der Waals surface area contributed by atoms with E-state index in [1.807, 2.05) is 65.5 Å². The third-order valence-electron chi connectivity index (χ3n) is 5.72. The van der Waals surface area contributed by atoms with Crippen LogP contribution in [0.1, 0.15) is 18.4 Å². The van der Waals surface area contributed by atoms with Gasteiger partial charge in [0.25, 0.3) is 5.91 Å². The van der Waals surface area contributed by atoms with Gasteiger partial charge in [0.05, 0.1) is 10.6 Å². The number of para-hydroxylation sites is 1. The first kappa shape index (κ1) is 23.0. The van der Waals surface area contributed by atoms with Crippen LogP contribution in [0.15, 0.2) is 83.9 Å². The van der Waals surface area contributed by atoms with Crippen molar-refractivity contribution in [2.45, 2.75) is 12.8 Å². The first-order valence-corrected chi connectivity index (χ1v) is 12.3. The summed E-state index contributed by atoms with van der Waals surface area (Å²) in [5, 5.41) is 16.0. The van der Waals surface area contributed by atoms with Gasteiger partial charge < -0.3 is 5.11 Å². The van der Waals surface area contributed by atoms with E-state index in [2.05, 4.69) is 24.3 Å². The monoisotopic (exact) mass is 499 g/mol. The standard InChI is InChI=1S/C27H21N3O3S2/c31-24(32)11-6-14-29-26(33)23(35-27(29)34)16-21-17-30(22-9-2-1-3-10-22)28-25(21)20-13-12-18-7-4-5-8-19(18)15-20/h1-5,7-10,12-13,15-17H,6,11,14H2,(H,31,32)/b23-16-. The molecule has 1 saturated heterocycles. The number of carboxylic acid groups (broad SMARTS) is 1. The van der Waals surface area contributed by atoms with Gasteiger partial charge >= 0.3 is 5.97 Å². The summed E-state index contributed by atoms with van der Waals surface area (Å²) >= 11 is 6.64. The Morgan fingerprint density at radius 2 is 1.77 bits per heavy atom. The fourth-order valence-electron chi connectivity index (χ4n) is 3.99. The minimum atomic E-state index is -0.890. The van der Waals surface area contributed by atoms with E-state index in [4.69, 9.17) is 22.4 Å². The van der Waals surface area contributed by atoms with Crippen molar-refractivity contribution in [2.75, 3.05) is 6.54 Å². The number of benzene rings is 3. The van der Waals surface area contributed by atoms with Gasteiger partial charge in [0.1, 0.15) is 10.0 Å². The number of hydrogen-bond acceptors (Lipinski definition) is 5. The van der Waals surface area contributed by atoms with Crippen molar-refractivity contribution in [1.29, 1.82) is 0 Å². The fraction of sp³-hybridized carbons (Fsp3) is 0.111. The number of hydrogen-bond donors (Lipinski definition) is 1. The molecule has 0 bridgehead atoms. The Balaban J connectivity index is 1.54. The molecular formula is C27H21N3O3S2. The number of nitrogens with zero attached hydrogens (tertiary/aromatic N) is 3. The lowest BCUT2D eigenvalue weighted by molar-refractivity contribution is -0.137. The fourth-order valence-corrected chi connectivity index (χ4v) is 5.29. The molecule has 1 fully saturated rings. The van der Waals surface area contributed by atoms with Crippen LogP contribution in [0.3, 0.4) is 0 Å². The third-order valence-corrected chi connectivity index (χ3v) is 7.10. The summed E-state index contributed by atoms with van der Waals surface area (Å²) in [4.78, 5) is 25.9. The zero-order valence-corrected chi connectivity index (χ0v) is 20.3. The maximum atomic E-state index is 13.1. The van der Waals surface area contributed by atoms with Crippen LogP contribution in [-0.4, -0.2) is 42.5 Å². The Hall–Kier alpha value is -3.75. The van der Waals surface area contributed by atoms with Gasteiger partial charge in [-0.25, -0.2) is 4.68 Å². The smallest absolute Gasteiger partial charge is 0.303 e. The molecule has 1 aliphatic rings. The van der Waals surface area contributed by atoms with Gasteiger partial charge in [-0.2, -0.15) is 5.10 Å². The van der Waals surface area contributed by atoms with Crippen molar-refractivity contribution in [3.63, 3.8) is 0 Å². The summed E-state index contributed by atoms with van der Waals surface area (Å²) < 4.78 is 2.25. The SMILES string of the molecule is O=C(O)CCCN1C(=O)/C(=C/c2cn(-c3ccccc3)nc2-c2ccc3ccccc3c2)SC1=S. The number of fused-ring (bicyclic) bond motifs is 1. The summed E-state index contributed by atoms with van der Waals surface area (Å²) in [5.74, 6) is -1.10. The van der Waals surface area contributed by atoms with E-state index in [9.17, 15) is 9.59 Å². The van der Waals surface area contributed by atoms with Gasteiger partial charge in [0, 0.05) is 30.3 Å². The number of amides is 1. The summed E-state index contributed by atoms with van der Waals surface area (Å²) in [6.07, 6.45) is 4.08. The molecule has 5 rings (SSSR count). The number of aromatic nitrogens is 2. The Labute approximate surface area is 211 Å². The van der Waals surface area contributed by atoms with E-state index in [0.717, 1.165) is 33.3 Å². The molecule has 1 N–H and O–H groups in total. The minimum absolute atomic E-state index is 0.00787. The van der Waals surface area contributed by atoms with Gasteiger partial charge in [-0.15, -0.1) is 0 Å². The molecule has 174 valence electrons. The maximum Gasteiger partial charge on any atom is 0.303 e. The number of thiocarbonyl (C=S) groups is 1. The first-order valence-electron chi connectivity index (χ1n) is 11.1. The van der Waals surface area contributed by atoms with Gasteiger partial charge in [0.15, 0.2) is 0 Å². The van der Waals surface area contributed by atoms with Gasteiger partial charge in [-0.1, -0.05) is 78.6 Å². The molecule has 1 aromatic heterocycles. The highest BCUT2D eigenvalue weighted by Gasteiger charge is 2.32. The highest BCUT2D eigenvalue weighted by Crippen LogP contribution is 2.35. The minimum Gasteiger partial charge on any atom is -0.481 e. The number of carbonyl (C=O) groups excluding carboxylic acids is 1. The highest BCUT2D eigenvalue weighted by atomic mass is 32.2. The van der Waals surface area contributed by atoms with Crippen molar-refractivity contribution >= 4 is 57.0 Å². The molecule has 1 aliphatic heterocycles. The Morgan fingerprint density at radius 1 is 1.03 bits per heavy atom. The van der Waals surface area contributed by atoms with Crippen LogP contribution >= 0.6 is 24.0 Å². The second-order valence-electron chi connectivity index (χ2n) is 8.11. The largest absolute Gasteiger partial charge is 0.481 e. The second kappa shape index (κ2) is 9.85. The van der Waals surface area contributed by atoms with Gasteiger partial charge in [0.2, 0.25) is 0 Å². The molecule has 8 heteroatoms. The second-order valence-corrected chi connectivity index (χ2v) is 9.78. The summed E-state index contributed by atoms with van der Waals surface area (Å²) in [5.41, 5.74) is 3.42. The lowest BCUT2D eigenvalue weighted by Gasteiger charge is -2.13. The Bertz CT molecular complexity index is 1480. The number of carboxylic acids is 1. The average molecular weight is 500 g/mol. The molecule has 1 amide bonds. The molecule has 0 aliphatic carbocycles. The zero-order chi connectivity index (χ0) is 24.4. The van der Waals surface area contributed by atoms with Gasteiger partial charge in [-0.3, -0.25) is 14.5 Å². The quantitative estimate of drug-likeness (QED) is 0.257. The molecule has 2 heterocycles. The van der Waals surface area contributed by atoms with Crippen LogP contribution in [0.25, 0.3) is 33.8 Å². The number of carbonyl (C=O) groups is 2. The van der Waals surface area contributed by atoms with E-state index < -0.39 is 5.97 Å². The topological polar surface area (TPSA) is 75.4 Å². The Kier molecular flexibility index (Phi) is 6.48. The van der Waals surface area contributed by atoms with Crippen LogP contribution in [-0.2, 0) is 9.59 Å². The molecule has 0 radical (unpaired) electrons. The van der Waals surface area contributed by atoms with Crippen LogP contribution in [0, 0.1) is 0 Å². The van der Waals surface area contributed by atoms with E-state index in [-0.39, 0.29) is 18.9 Å². The average Bonchev–Trinajstić information content (AvgIpc) is 3.40. The summed E-state index contributed by atoms with van der Waals surface area (Å²) in [6.45, 7) is 0.287. The summed E-state index contributed by atoms with van der Waals surface area (Å²) in [6, 6.07) is 24.2. The predicted molar refractivity (Wildman–Crippen MR) is 143 cm³/mol. The molecular weight excluding hydrogens is 478 g/mol. The van der Waals surface area contributed by atoms with Gasteiger partial charge in [-0.05, 0) is 41.5 Å². The van der Waals surface area contributed by atoms with E-state index in [1.165, 1.54) is 16.7 Å². The van der Waals surface area contributed by atoms with Crippen LogP contribution in [0.2, 0.25) is 0 Å². The molecule has 4 aromatic rings. The molecule has 0 saturated carbocycles. The van der Waals surface area contributed by atoms with Crippen molar-refractivity contribution in [2.24, 2.45) is 0 Å². The molecule has 0 atom stereocenters. The third kappa shape index (κ3) is 4.89.